The van der Waals surface area contributed by atoms with Gasteiger partial charge in [0.2, 0.25) is 0 Å². The summed E-state index contributed by atoms with van der Waals surface area (Å²) >= 11 is 0. The number of hydrogen-bond acceptors (Lipinski definition) is 6. The number of amides is 1. The lowest BCUT2D eigenvalue weighted by molar-refractivity contribution is -0.401. The number of rotatable bonds is 8. The van der Waals surface area contributed by atoms with Gasteiger partial charge in [-0.3, -0.25) is 9.79 Å². The third-order valence-electron chi connectivity index (χ3n) is 6.04. The summed E-state index contributed by atoms with van der Waals surface area (Å²) < 4.78 is 16.7. The predicted octanol–water partition coefficient (Wildman–Crippen LogP) is 3.94. The Labute approximate surface area is 198 Å². The molecule has 176 valence electrons. The SMILES string of the molecule is COc1ccc(-c2cnoc2-c2cc(C)c(C)c(OC)c2)cc1NC(=O)C([NH3+])CC1=CN=CC1. The second kappa shape index (κ2) is 9.93. The van der Waals surface area contributed by atoms with Crippen LogP contribution in [0.3, 0.4) is 0 Å². The highest BCUT2D eigenvalue weighted by Crippen LogP contribution is 2.38. The lowest BCUT2D eigenvalue weighted by atomic mass is 9.98. The number of hydrogen-bond donors (Lipinski definition) is 2. The van der Waals surface area contributed by atoms with E-state index in [1.165, 1.54) is 0 Å². The zero-order valence-electron chi connectivity index (χ0n) is 19.8. The summed E-state index contributed by atoms with van der Waals surface area (Å²) in [5.74, 6) is 1.77. The molecule has 1 aliphatic rings. The van der Waals surface area contributed by atoms with Gasteiger partial charge >= 0.3 is 0 Å². The molecule has 0 fully saturated rings. The van der Waals surface area contributed by atoms with Crippen molar-refractivity contribution in [3.63, 3.8) is 0 Å². The molecule has 0 bridgehead atoms. The summed E-state index contributed by atoms with van der Waals surface area (Å²) in [4.78, 5) is 16.9. The molecule has 4 N–H and O–H groups in total. The van der Waals surface area contributed by atoms with E-state index in [1.807, 2.05) is 50.4 Å². The van der Waals surface area contributed by atoms with Crippen molar-refractivity contribution >= 4 is 17.8 Å². The molecule has 0 aliphatic carbocycles. The summed E-state index contributed by atoms with van der Waals surface area (Å²) in [6, 6.07) is 9.11. The minimum atomic E-state index is -0.449. The molecule has 2 heterocycles. The van der Waals surface area contributed by atoms with Crippen molar-refractivity contribution in [2.75, 3.05) is 19.5 Å². The summed E-state index contributed by atoms with van der Waals surface area (Å²) in [5, 5.41) is 7.00. The number of aryl methyl sites for hydroxylation is 1. The van der Waals surface area contributed by atoms with Crippen LogP contribution in [0.1, 0.15) is 24.0 Å². The van der Waals surface area contributed by atoms with Gasteiger partial charge in [-0.05, 0) is 60.4 Å². The number of carbonyl (C=O) groups excluding carboxylic acids is 1. The van der Waals surface area contributed by atoms with Gasteiger partial charge in [-0.15, -0.1) is 0 Å². The van der Waals surface area contributed by atoms with E-state index in [-0.39, 0.29) is 5.91 Å². The van der Waals surface area contributed by atoms with Crippen LogP contribution in [0.2, 0.25) is 0 Å². The lowest BCUT2D eigenvalue weighted by Crippen LogP contribution is -2.66. The van der Waals surface area contributed by atoms with Crippen LogP contribution >= 0.6 is 0 Å². The highest BCUT2D eigenvalue weighted by molar-refractivity contribution is 5.96. The van der Waals surface area contributed by atoms with Crippen molar-refractivity contribution in [3.8, 4) is 33.9 Å². The Balaban J connectivity index is 1.64. The minimum Gasteiger partial charge on any atom is -0.496 e. The minimum absolute atomic E-state index is 0.187. The van der Waals surface area contributed by atoms with Gasteiger partial charge in [0, 0.05) is 36.4 Å². The monoisotopic (exact) mass is 461 g/mol. The number of aromatic nitrogens is 1. The Hall–Kier alpha value is -3.91. The van der Waals surface area contributed by atoms with Gasteiger partial charge < -0.3 is 25.0 Å². The first-order chi connectivity index (χ1) is 16.4. The largest absolute Gasteiger partial charge is 0.496 e. The normalized spacial score (nSPS) is 13.5. The number of anilines is 1. The number of methoxy groups -OCH3 is 2. The Morgan fingerprint density at radius 1 is 1.15 bits per heavy atom. The maximum Gasteiger partial charge on any atom is 0.282 e. The van der Waals surface area contributed by atoms with Crippen molar-refractivity contribution in [1.82, 2.24) is 5.16 Å². The quantitative estimate of drug-likeness (QED) is 0.527. The summed E-state index contributed by atoms with van der Waals surface area (Å²) in [6.07, 6.45) is 6.60. The first-order valence-corrected chi connectivity index (χ1v) is 11.0. The number of ether oxygens (including phenoxy) is 2. The fourth-order valence-electron chi connectivity index (χ4n) is 3.96. The highest BCUT2D eigenvalue weighted by Gasteiger charge is 2.22. The predicted molar refractivity (Wildman–Crippen MR) is 131 cm³/mol. The van der Waals surface area contributed by atoms with Crippen LogP contribution in [-0.2, 0) is 4.79 Å². The molecule has 0 saturated heterocycles. The zero-order chi connectivity index (χ0) is 24.2. The van der Waals surface area contributed by atoms with E-state index >= 15 is 0 Å². The fraction of sp³-hybridized carbons (Fsp3) is 0.269. The summed E-state index contributed by atoms with van der Waals surface area (Å²) in [6.45, 7) is 4.05. The molecule has 1 atom stereocenters. The second-order valence-electron chi connectivity index (χ2n) is 8.32. The number of quaternary nitrogens is 1. The molecule has 34 heavy (non-hydrogen) atoms. The Bertz CT molecular complexity index is 1280. The van der Waals surface area contributed by atoms with E-state index in [9.17, 15) is 4.79 Å². The topological polar surface area (TPSA) is 114 Å². The Morgan fingerprint density at radius 2 is 1.94 bits per heavy atom. The molecule has 8 nitrogen and oxygen atoms in total. The summed E-state index contributed by atoms with van der Waals surface area (Å²) in [7, 11) is 3.22. The Morgan fingerprint density at radius 3 is 2.65 bits per heavy atom. The number of aliphatic imine (C=N–C) groups is 1. The number of benzene rings is 2. The first-order valence-electron chi connectivity index (χ1n) is 11.0. The molecule has 0 spiro atoms. The first kappa shape index (κ1) is 23.3. The molecular formula is C26H29N4O4+. The third kappa shape index (κ3) is 4.72. The van der Waals surface area contributed by atoms with Crippen LogP contribution in [0.25, 0.3) is 22.5 Å². The maximum atomic E-state index is 12.9. The van der Waals surface area contributed by atoms with Gasteiger partial charge in [0.1, 0.15) is 11.5 Å². The van der Waals surface area contributed by atoms with Gasteiger partial charge in [-0.1, -0.05) is 11.2 Å². The molecule has 0 radical (unpaired) electrons. The van der Waals surface area contributed by atoms with E-state index < -0.39 is 6.04 Å². The smallest absolute Gasteiger partial charge is 0.282 e. The van der Waals surface area contributed by atoms with E-state index in [0.29, 0.717) is 23.6 Å². The molecule has 1 amide bonds. The number of nitrogens with one attached hydrogen (secondary N) is 1. The van der Waals surface area contributed by atoms with E-state index in [1.54, 1.807) is 26.6 Å². The molecule has 0 saturated carbocycles. The molecule has 1 aliphatic heterocycles. The van der Waals surface area contributed by atoms with E-state index in [4.69, 9.17) is 14.0 Å². The van der Waals surface area contributed by atoms with Gasteiger partial charge in [-0.2, -0.15) is 0 Å². The van der Waals surface area contributed by atoms with E-state index in [0.717, 1.165) is 45.6 Å². The van der Waals surface area contributed by atoms with Gasteiger partial charge in [0.15, 0.2) is 11.8 Å². The molecule has 4 rings (SSSR count). The standard InChI is InChI=1S/C26H28N4O4/c1-15-9-19(12-24(33-4)16(15)2)25-20(14-29-34-25)18-5-6-23(32-3)22(11-18)30-26(31)21(27)10-17-7-8-28-13-17/h5-6,8-9,11-14,21H,7,10,27H2,1-4H3,(H,30,31)/p+1. The lowest BCUT2D eigenvalue weighted by Gasteiger charge is -2.14. The molecule has 3 aromatic rings. The number of carbonyl (C=O) groups is 1. The van der Waals surface area contributed by atoms with Crippen LogP contribution in [-0.4, -0.2) is 37.5 Å². The average molecular weight is 462 g/mol. The van der Waals surface area contributed by atoms with E-state index in [2.05, 4.69) is 21.2 Å². The van der Waals surface area contributed by atoms with Crippen molar-refractivity contribution < 1.29 is 24.5 Å². The Kier molecular flexibility index (Phi) is 6.79. The van der Waals surface area contributed by atoms with Crippen LogP contribution in [0, 0.1) is 13.8 Å². The summed E-state index contributed by atoms with van der Waals surface area (Å²) in [5.41, 5.74) is 10.3. The van der Waals surface area contributed by atoms with Crippen LogP contribution < -0.4 is 20.5 Å². The van der Waals surface area contributed by atoms with Crippen molar-refractivity contribution in [3.05, 3.63) is 59.4 Å². The fourth-order valence-corrected chi connectivity index (χ4v) is 3.96. The highest BCUT2D eigenvalue weighted by atomic mass is 16.5. The van der Waals surface area contributed by atoms with Gasteiger partial charge in [0.05, 0.1) is 26.1 Å². The average Bonchev–Trinajstić information content (AvgIpc) is 3.53. The van der Waals surface area contributed by atoms with Crippen molar-refractivity contribution in [2.45, 2.75) is 32.7 Å². The molecule has 8 heteroatoms. The molecule has 2 aromatic carbocycles. The van der Waals surface area contributed by atoms with Crippen LogP contribution in [0.4, 0.5) is 5.69 Å². The maximum absolute atomic E-state index is 12.9. The van der Waals surface area contributed by atoms with Gasteiger partial charge in [0.25, 0.3) is 5.91 Å². The molecule has 1 aromatic heterocycles. The van der Waals surface area contributed by atoms with Gasteiger partial charge in [-0.25, -0.2) is 0 Å². The molecular weight excluding hydrogens is 432 g/mol. The van der Waals surface area contributed by atoms with Crippen molar-refractivity contribution in [2.24, 2.45) is 4.99 Å². The third-order valence-corrected chi connectivity index (χ3v) is 6.04. The van der Waals surface area contributed by atoms with Crippen molar-refractivity contribution in [1.29, 1.82) is 0 Å². The van der Waals surface area contributed by atoms with Crippen LogP contribution in [0.5, 0.6) is 11.5 Å². The van der Waals surface area contributed by atoms with Crippen LogP contribution in [0.15, 0.2) is 57.8 Å². The molecule has 1 unspecified atom stereocenters. The second-order valence-corrected chi connectivity index (χ2v) is 8.32. The zero-order valence-corrected chi connectivity index (χ0v) is 19.8. The number of nitrogens with zero attached hydrogens (tertiary/aromatic N) is 2.